The number of halogens is 3. The van der Waals surface area contributed by atoms with Crippen LogP contribution in [0.3, 0.4) is 0 Å². The van der Waals surface area contributed by atoms with E-state index < -0.39 is 11.7 Å². The summed E-state index contributed by atoms with van der Waals surface area (Å²) in [5.74, 6) is 0. The van der Waals surface area contributed by atoms with E-state index in [1.807, 2.05) is 31.2 Å². The summed E-state index contributed by atoms with van der Waals surface area (Å²) in [4.78, 5) is 14.1. The molecule has 0 saturated carbocycles. The number of hydrogen-bond acceptors (Lipinski definition) is 3. The fourth-order valence-electron chi connectivity index (χ4n) is 4.23. The fraction of sp³-hybridized carbons (Fsp3) is 0.240. The molecular formula is C25H20F3N3. The third-order valence-corrected chi connectivity index (χ3v) is 5.83. The van der Waals surface area contributed by atoms with Crippen LogP contribution in [-0.4, -0.2) is 16.4 Å². The Bertz CT molecular complexity index is 1240. The van der Waals surface area contributed by atoms with E-state index in [0.717, 1.165) is 59.1 Å². The molecule has 0 N–H and O–H groups in total. The largest absolute Gasteiger partial charge is 0.418 e. The maximum atomic E-state index is 13.4. The highest BCUT2D eigenvalue weighted by molar-refractivity contribution is 6.08. The van der Waals surface area contributed by atoms with Crippen molar-refractivity contribution < 1.29 is 13.2 Å². The maximum absolute atomic E-state index is 13.4. The van der Waals surface area contributed by atoms with Crippen molar-refractivity contribution in [1.82, 2.24) is 4.98 Å². The predicted octanol–water partition coefficient (Wildman–Crippen LogP) is 6.54. The molecule has 0 unspecified atom stereocenters. The minimum absolute atomic E-state index is 0.0612. The van der Waals surface area contributed by atoms with Crippen molar-refractivity contribution in [1.29, 1.82) is 0 Å². The molecule has 2 aliphatic rings. The standard InChI is InChI=1S/C25H20F3N3/c1-15-6-2-4-8-19(15)29-21-12-10-16-14-17-11-13-22(24(17)31-23(16)21)30-20-9-5-3-7-18(20)25(26,27)28/h2-9,14H,10-13H2,1H3. The first-order chi connectivity index (χ1) is 14.9. The Morgan fingerprint density at radius 1 is 0.742 bits per heavy atom. The summed E-state index contributed by atoms with van der Waals surface area (Å²) in [6, 6.07) is 15.5. The van der Waals surface area contributed by atoms with Gasteiger partial charge in [-0.2, -0.15) is 13.2 Å². The quantitative estimate of drug-likeness (QED) is 0.465. The van der Waals surface area contributed by atoms with Gasteiger partial charge in [0.25, 0.3) is 0 Å². The highest BCUT2D eigenvalue weighted by Gasteiger charge is 2.34. The molecule has 31 heavy (non-hydrogen) atoms. The Labute approximate surface area is 178 Å². The van der Waals surface area contributed by atoms with Gasteiger partial charge in [0.05, 0.1) is 39.7 Å². The van der Waals surface area contributed by atoms with Crippen LogP contribution in [0.5, 0.6) is 0 Å². The molecular weight excluding hydrogens is 399 g/mol. The molecule has 6 heteroatoms. The Hall–Kier alpha value is -3.28. The average Bonchev–Trinajstić information content (AvgIpc) is 3.32. The van der Waals surface area contributed by atoms with E-state index in [0.29, 0.717) is 17.8 Å². The van der Waals surface area contributed by atoms with Gasteiger partial charge in [-0.15, -0.1) is 0 Å². The minimum Gasteiger partial charge on any atom is -0.251 e. The Balaban J connectivity index is 1.57. The van der Waals surface area contributed by atoms with Gasteiger partial charge in [-0.1, -0.05) is 36.4 Å². The van der Waals surface area contributed by atoms with E-state index >= 15 is 0 Å². The molecule has 0 bridgehead atoms. The number of hydrogen-bond donors (Lipinski definition) is 0. The maximum Gasteiger partial charge on any atom is 0.418 e. The van der Waals surface area contributed by atoms with Crippen LogP contribution < -0.4 is 0 Å². The summed E-state index contributed by atoms with van der Waals surface area (Å²) >= 11 is 0. The lowest BCUT2D eigenvalue weighted by Crippen LogP contribution is -2.07. The van der Waals surface area contributed by atoms with Gasteiger partial charge in [-0.25, -0.2) is 4.98 Å². The minimum atomic E-state index is -4.44. The second kappa shape index (κ2) is 7.45. The zero-order valence-corrected chi connectivity index (χ0v) is 17.0. The summed E-state index contributed by atoms with van der Waals surface area (Å²) in [5, 5.41) is 0. The Morgan fingerprint density at radius 2 is 1.29 bits per heavy atom. The summed E-state index contributed by atoms with van der Waals surface area (Å²) < 4.78 is 40.2. The molecule has 2 aliphatic carbocycles. The van der Waals surface area contributed by atoms with Gasteiger partial charge < -0.3 is 0 Å². The number of aromatic nitrogens is 1. The summed E-state index contributed by atoms with van der Waals surface area (Å²) in [7, 11) is 0. The van der Waals surface area contributed by atoms with Gasteiger partial charge in [-0.3, -0.25) is 9.98 Å². The highest BCUT2D eigenvalue weighted by atomic mass is 19.4. The molecule has 1 heterocycles. The highest BCUT2D eigenvalue weighted by Crippen LogP contribution is 2.37. The third-order valence-electron chi connectivity index (χ3n) is 5.83. The number of aryl methyl sites for hydroxylation is 3. The summed E-state index contributed by atoms with van der Waals surface area (Å²) in [6.45, 7) is 2.02. The Morgan fingerprint density at radius 3 is 1.90 bits per heavy atom. The van der Waals surface area contributed by atoms with E-state index in [1.54, 1.807) is 6.07 Å². The van der Waals surface area contributed by atoms with Crippen LogP contribution >= 0.6 is 0 Å². The van der Waals surface area contributed by atoms with Gasteiger partial charge >= 0.3 is 6.18 Å². The van der Waals surface area contributed by atoms with Crippen LogP contribution in [0.2, 0.25) is 0 Å². The molecule has 2 aromatic carbocycles. The number of nitrogens with zero attached hydrogens (tertiary/aromatic N) is 3. The third kappa shape index (κ3) is 3.67. The zero-order valence-electron chi connectivity index (χ0n) is 17.0. The average molecular weight is 419 g/mol. The first-order valence-electron chi connectivity index (χ1n) is 10.3. The van der Waals surface area contributed by atoms with E-state index in [4.69, 9.17) is 9.98 Å². The van der Waals surface area contributed by atoms with Crippen molar-refractivity contribution in [2.24, 2.45) is 9.98 Å². The van der Waals surface area contributed by atoms with Crippen molar-refractivity contribution in [3.8, 4) is 0 Å². The molecule has 0 saturated heterocycles. The van der Waals surface area contributed by atoms with E-state index in [2.05, 4.69) is 11.1 Å². The van der Waals surface area contributed by atoms with Crippen molar-refractivity contribution in [3.05, 3.63) is 88.2 Å². The molecule has 3 nitrogen and oxygen atoms in total. The number of pyridine rings is 1. The number of rotatable bonds is 2. The van der Waals surface area contributed by atoms with Crippen LogP contribution in [0, 0.1) is 6.92 Å². The summed E-state index contributed by atoms with van der Waals surface area (Å²) in [6.07, 6.45) is -1.43. The van der Waals surface area contributed by atoms with Gasteiger partial charge in [0.2, 0.25) is 0 Å². The monoisotopic (exact) mass is 419 g/mol. The Kier molecular flexibility index (Phi) is 4.73. The SMILES string of the molecule is Cc1ccccc1N=C1CCc2cc3c(nc21)C(=Nc1ccccc1C(F)(F)F)CC3. The number of fused-ring (bicyclic) bond motifs is 2. The zero-order chi connectivity index (χ0) is 21.6. The topological polar surface area (TPSA) is 37.6 Å². The van der Waals surface area contributed by atoms with E-state index in [1.165, 1.54) is 12.1 Å². The second-order valence-electron chi connectivity index (χ2n) is 7.92. The van der Waals surface area contributed by atoms with Gasteiger partial charge in [0.1, 0.15) is 0 Å². The smallest absolute Gasteiger partial charge is 0.251 e. The number of aliphatic imine (C=N–C) groups is 2. The molecule has 0 amide bonds. The first kappa shape index (κ1) is 19.7. The molecule has 0 radical (unpaired) electrons. The van der Waals surface area contributed by atoms with Gasteiger partial charge in [0.15, 0.2) is 0 Å². The molecule has 0 atom stereocenters. The molecule has 0 spiro atoms. The lowest BCUT2D eigenvalue weighted by atomic mass is 10.1. The van der Waals surface area contributed by atoms with Crippen molar-refractivity contribution >= 4 is 22.8 Å². The van der Waals surface area contributed by atoms with Gasteiger partial charge in [0, 0.05) is 0 Å². The van der Waals surface area contributed by atoms with Crippen LogP contribution in [0.1, 0.15) is 46.5 Å². The molecule has 3 aromatic rings. The van der Waals surface area contributed by atoms with Gasteiger partial charge in [-0.05, 0) is 67.5 Å². The van der Waals surface area contributed by atoms with E-state index in [9.17, 15) is 13.2 Å². The van der Waals surface area contributed by atoms with Crippen molar-refractivity contribution in [2.75, 3.05) is 0 Å². The predicted molar refractivity (Wildman–Crippen MR) is 116 cm³/mol. The molecule has 1 aromatic heterocycles. The molecule has 156 valence electrons. The number of benzene rings is 2. The lowest BCUT2D eigenvalue weighted by molar-refractivity contribution is -0.137. The number of alkyl halides is 3. The fourth-order valence-corrected chi connectivity index (χ4v) is 4.23. The normalized spacial score (nSPS) is 17.9. The number of para-hydroxylation sites is 2. The van der Waals surface area contributed by atoms with Crippen LogP contribution in [-0.2, 0) is 19.0 Å². The molecule has 0 aliphatic heterocycles. The molecule has 5 rings (SSSR count). The summed E-state index contributed by atoms with van der Waals surface area (Å²) in [5.41, 5.74) is 6.52. The van der Waals surface area contributed by atoms with Crippen LogP contribution in [0.4, 0.5) is 24.5 Å². The molecule has 0 fully saturated rings. The second-order valence-corrected chi connectivity index (χ2v) is 7.92. The van der Waals surface area contributed by atoms with Crippen LogP contribution in [0.15, 0.2) is 64.6 Å². The van der Waals surface area contributed by atoms with Crippen LogP contribution in [0.25, 0.3) is 0 Å². The van der Waals surface area contributed by atoms with E-state index in [-0.39, 0.29) is 5.69 Å². The lowest BCUT2D eigenvalue weighted by Gasteiger charge is -2.10. The first-order valence-corrected chi connectivity index (χ1v) is 10.3. The van der Waals surface area contributed by atoms with Crippen molar-refractivity contribution in [2.45, 2.75) is 38.8 Å². The van der Waals surface area contributed by atoms with Crippen molar-refractivity contribution in [3.63, 3.8) is 0 Å².